The molecule has 0 aromatic heterocycles. The number of sulfonamides is 1. The Labute approximate surface area is 126 Å². The van der Waals surface area contributed by atoms with Gasteiger partial charge < -0.3 is 10.6 Å². The summed E-state index contributed by atoms with van der Waals surface area (Å²) in [7, 11) is -0.585. The quantitative estimate of drug-likeness (QED) is 0.796. The molecule has 0 saturated carbocycles. The van der Waals surface area contributed by atoms with Crippen molar-refractivity contribution in [2.75, 3.05) is 32.9 Å². The number of hydrogen-bond acceptors (Lipinski definition) is 4. The fourth-order valence-corrected chi connectivity index (χ4v) is 3.45. The Kier molecular flexibility index (Phi) is 5.74. The molecule has 0 fully saturated rings. The van der Waals surface area contributed by atoms with Crippen molar-refractivity contribution < 1.29 is 13.2 Å². The third-order valence-corrected chi connectivity index (χ3v) is 4.99. The minimum atomic E-state index is -3.78. The van der Waals surface area contributed by atoms with E-state index in [0.717, 1.165) is 5.56 Å². The fraction of sp³-hybridized carbons (Fsp3) is 0.500. The summed E-state index contributed by atoms with van der Waals surface area (Å²) in [4.78, 5) is 13.3. The third kappa shape index (κ3) is 4.18. The zero-order valence-corrected chi connectivity index (χ0v) is 13.8. The zero-order chi connectivity index (χ0) is 16.2. The summed E-state index contributed by atoms with van der Waals surface area (Å²) in [5, 5.41) is 0. The van der Waals surface area contributed by atoms with E-state index < -0.39 is 10.0 Å². The van der Waals surface area contributed by atoms with Crippen molar-refractivity contribution >= 4 is 21.6 Å². The van der Waals surface area contributed by atoms with Gasteiger partial charge in [-0.15, -0.1) is 0 Å². The molecule has 0 spiro atoms. The Morgan fingerprint density at radius 3 is 2.38 bits per heavy atom. The second kappa shape index (κ2) is 6.91. The molecule has 0 atom stereocenters. The molecule has 2 N–H and O–H groups in total. The van der Waals surface area contributed by atoms with Gasteiger partial charge in [-0.05, 0) is 31.0 Å². The van der Waals surface area contributed by atoms with Crippen LogP contribution < -0.4 is 5.73 Å². The molecule has 1 amide bonds. The van der Waals surface area contributed by atoms with Gasteiger partial charge in [-0.1, -0.05) is 13.0 Å². The van der Waals surface area contributed by atoms with Crippen molar-refractivity contribution in [3.63, 3.8) is 0 Å². The molecule has 1 rings (SSSR count). The molecule has 6 nitrogen and oxygen atoms in total. The number of nitrogens with two attached hydrogens (primary N) is 1. The van der Waals surface area contributed by atoms with Crippen LogP contribution in [0.5, 0.6) is 0 Å². The molecular formula is C14H23N3O3S. The maximum atomic E-state index is 12.7. The van der Waals surface area contributed by atoms with Gasteiger partial charge in [0.2, 0.25) is 15.9 Å². The van der Waals surface area contributed by atoms with Gasteiger partial charge in [0.15, 0.2) is 0 Å². The molecule has 21 heavy (non-hydrogen) atoms. The number of carbonyl (C=O) groups is 1. The summed E-state index contributed by atoms with van der Waals surface area (Å²) in [6.07, 6.45) is 0.617. The minimum absolute atomic E-state index is 0.0492. The lowest BCUT2D eigenvalue weighted by atomic mass is 10.2. The molecule has 0 heterocycles. The van der Waals surface area contributed by atoms with Crippen LogP contribution >= 0.6 is 0 Å². The topological polar surface area (TPSA) is 83.7 Å². The van der Waals surface area contributed by atoms with E-state index in [2.05, 4.69) is 0 Å². The van der Waals surface area contributed by atoms with Gasteiger partial charge in [0.1, 0.15) is 4.90 Å². The molecule has 0 aliphatic carbocycles. The Balaban J connectivity index is 3.18. The zero-order valence-electron chi connectivity index (χ0n) is 13.0. The first-order chi connectivity index (χ1) is 9.70. The van der Waals surface area contributed by atoms with Crippen LogP contribution in [0.3, 0.4) is 0 Å². The molecule has 118 valence electrons. The van der Waals surface area contributed by atoms with Crippen LogP contribution in [0, 0.1) is 6.92 Å². The normalized spacial score (nSPS) is 11.7. The second-order valence-corrected chi connectivity index (χ2v) is 7.07. The third-order valence-electron chi connectivity index (χ3n) is 3.07. The molecule has 7 heteroatoms. The smallest absolute Gasteiger partial charge is 0.245 e. The number of benzene rings is 1. The molecule has 1 aromatic carbocycles. The van der Waals surface area contributed by atoms with E-state index in [1.54, 1.807) is 26.2 Å². The number of nitrogen functional groups attached to an aromatic ring is 1. The van der Waals surface area contributed by atoms with Gasteiger partial charge in [-0.3, -0.25) is 4.79 Å². The summed E-state index contributed by atoms with van der Waals surface area (Å²) < 4.78 is 26.6. The van der Waals surface area contributed by atoms with Gasteiger partial charge in [-0.25, -0.2) is 8.42 Å². The maximum Gasteiger partial charge on any atom is 0.245 e. The van der Waals surface area contributed by atoms with E-state index in [9.17, 15) is 13.2 Å². The Morgan fingerprint density at radius 1 is 1.29 bits per heavy atom. The van der Waals surface area contributed by atoms with E-state index in [0.29, 0.717) is 6.42 Å². The predicted molar refractivity (Wildman–Crippen MR) is 83.3 cm³/mol. The lowest BCUT2D eigenvalue weighted by Gasteiger charge is -2.23. The van der Waals surface area contributed by atoms with E-state index in [4.69, 9.17) is 5.73 Å². The number of likely N-dealkylation sites (N-methyl/N-ethyl adjacent to an activating group) is 1. The SMILES string of the molecule is CCCN(CC(=O)N(C)C)S(=O)(=O)c1ccc(C)cc1N. The van der Waals surface area contributed by atoms with Crippen LogP contribution in [0.2, 0.25) is 0 Å². The Bertz CT molecular complexity index is 612. The van der Waals surface area contributed by atoms with Crippen LogP contribution in [0.25, 0.3) is 0 Å². The molecular weight excluding hydrogens is 290 g/mol. The second-order valence-electron chi connectivity index (χ2n) is 5.17. The molecule has 0 radical (unpaired) electrons. The summed E-state index contributed by atoms with van der Waals surface area (Å²) in [6.45, 7) is 3.79. The lowest BCUT2D eigenvalue weighted by molar-refractivity contribution is -0.128. The highest BCUT2D eigenvalue weighted by Crippen LogP contribution is 2.23. The van der Waals surface area contributed by atoms with Crippen molar-refractivity contribution in [1.82, 2.24) is 9.21 Å². The highest BCUT2D eigenvalue weighted by Gasteiger charge is 2.28. The lowest BCUT2D eigenvalue weighted by Crippen LogP contribution is -2.40. The molecule has 1 aromatic rings. The fourth-order valence-electron chi connectivity index (χ4n) is 1.87. The van der Waals surface area contributed by atoms with E-state index in [1.807, 2.05) is 13.8 Å². The van der Waals surface area contributed by atoms with Crippen molar-refractivity contribution in [1.29, 1.82) is 0 Å². The predicted octanol–water partition coefficient (Wildman–Crippen LogP) is 1.07. The van der Waals surface area contributed by atoms with Crippen LogP contribution in [0.1, 0.15) is 18.9 Å². The molecule has 0 aliphatic heterocycles. The van der Waals surface area contributed by atoms with Gasteiger partial charge in [0, 0.05) is 20.6 Å². The van der Waals surface area contributed by atoms with Crippen molar-refractivity contribution in [3.05, 3.63) is 23.8 Å². The minimum Gasteiger partial charge on any atom is -0.398 e. The summed E-state index contributed by atoms with van der Waals surface area (Å²) in [5.74, 6) is -0.266. The van der Waals surface area contributed by atoms with Crippen LogP contribution in [0.4, 0.5) is 5.69 Å². The summed E-state index contributed by atoms with van der Waals surface area (Å²) >= 11 is 0. The number of anilines is 1. The molecule has 0 bridgehead atoms. The van der Waals surface area contributed by atoms with Gasteiger partial charge in [0.05, 0.1) is 12.2 Å². The summed E-state index contributed by atoms with van der Waals surface area (Å²) in [6, 6.07) is 4.80. The highest BCUT2D eigenvalue weighted by atomic mass is 32.2. The maximum absolute atomic E-state index is 12.7. The largest absolute Gasteiger partial charge is 0.398 e. The highest BCUT2D eigenvalue weighted by molar-refractivity contribution is 7.89. The van der Waals surface area contributed by atoms with Gasteiger partial charge >= 0.3 is 0 Å². The van der Waals surface area contributed by atoms with Crippen molar-refractivity contribution in [3.8, 4) is 0 Å². The van der Waals surface area contributed by atoms with Gasteiger partial charge in [-0.2, -0.15) is 4.31 Å². The first kappa shape index (κ1) is 17.5. The van der Waals surface area contributed by atoms with E-state index >= 15 is 0 Å². The van der Waals surface area contributed by atoms with Crippen LogP contribution in [-0.4, -0.2) is 50.7 Å². The average molecular weight is 313 g/mol. The van der Waals surface area contributed by atoms with Crippen molar-refractivity contribution in [2.24, 2.45) is 0 Å². The summed E-state index contributed by atoms with van der Waals surface area (Å²) in [5.41, 5.74) is 6.92. The number of nitrogens with zero attached hydrogens (tertiary/aromatic N) is 2. The standard InChI is InChI=1S/C14H23N3O3S/c1-5-8-17(10-14(18)16(3)4)21(19,20)13-7-6-11(2)9-12(13)15/h6-7,9H,5,8,10,15H2,1-4H3. The first-order valence-electron chi connectivity index (χ1n) is 6.76. The molecule has 0 aliphatic rings. The number of rotatable bonds is 6. The average Bonchev–Trinajstić information content (AvgIpc) is 2.37. The molecule has 0 saturated heterocycles. The molecule has 0 unspecified atom stereocenters. The Hall–Kier alpha value is -1.60. The van der Waals surface area contributed by atoms with Gasteiger partial charge in [0.25, 0.3) is 0 Å². The number of hydrogen-bond donors (Lipinski definition) is 1. The number of amides is 1. The first-order valence-corrected chi connectivity index (χ1v) is 8.20. The van der Waals surface area contributed by atoms with Crippen molar-refractivity contribution in [2.45, 2.75) is 25.2 Å². The van der Waals surface area contributed by atoms with E-state index in [-0.39, 0.29) is 29.6 Å². The number of carbonyl (C=O) groups excluding carboxylic acids is 1. The van der Waals surface area contributed by atoms with Crippen LogP contribution in [0.15, 0.2) is 23.1 Å². The van der Waals surface area contributed by atoms with Crippen LogP contribution in [-0.2, 0) is 14.8 Å². The number of aryl methyl sites for hydroxylation is 1. The van der Waals surface area contributed by atoms with E-state index in [1.165, 1.54) is 15.3 Å². The Morgan fingerprint density at radius 2 is 1.90 bits per heavy atom. The monoisotopic (exact) mass is 313 g/mol.